The molecule has 0 amide bonds. The van der Waals surface area contributed by atoms with E-state index in [0.717, 1.165) is 6.08 Å². The Balaban J connectivity index is 3.59. The molecule has 0 unspecified atom stereocenters. The van der Waals surface area contributed by atoms with Gasteiger partial charge in [0.1, 0.15) is 0 Å². The van der Waals surface area contributed by atoms with Crippen LogP contribution in [0.5, 0.6) is 0 Å². The van der Waals surface area contributed by atoms with Gasteiger partial charge >= 0.3 is 5.97 Å². The van der Waals surface area contributed by atoms with E-state index in [1.807, 2.05) is 0 Å². The second-order valence-corrected chi connectivity index (χ2v) is 2.11. The van der Waals surface area contributed by atoms with Gasteiger partial charge in [0.15, 0.2) is 6.61 Å². The van der Waals surface area contributed by atoms with Crippen molar-refractivity contribution in [2.24, 2.45) is 5.73 Å². The molecule has 2 N–H and O–H groups in total. The highest BCUT2D eigenvalue weighted by Gasteiger charge is 2.01. The Morgan fingerprint density at radius 3 is 2.75 bits per heavy atom. The number of ether oxygens (including phenoxy) is 1. The fraction of sp³-hybridized carbons (Fsp3) is 0.500. The zero-order valence-electron chi connectivity index (χ0n) is 6.65. The number of esters is 1. The van der Waals surface area contributed by atoms with Crippen molar-refractivity contribution in [1.29, 1.82) is 0 Å². The summed E-state index contributed by atoms with van der Waals surface area (Å²) in [5, 5.41) is 9.78. The van der Waals surface area contributed by atoms with E-state index in [-0.39, 0.29) is 13.2 Å². The summed E-state index contributed by atoms with van der Waals surface area (Å²) in [5.74, 6) is -0.656. The second kappa shape index (κ2) is 5.11. The molecule has 0 aliphatic rings. The molecule has 0 saturated heterocycles. The summed E-state index contributed by atoms with van der Waals surface area (Å²) in [4.78, 5) is 19.8. The molecule has 0 radical (unpaired) electrons. The molecule has 68 valence electrons. The molecule has 0 fully saturated rings. The molecule has 0 aromatic carbocycles. The van der Waals surface area contributed by atoms with Gasteiger partial charge in [0, 0.05) is 16.7 Å². The lowest BCUT2D eigenvalue weighted by Gasteiger charge is -1.97. The van der Waals surface area contributed by atoms with Crippen molar-refractivity contribution < 1.29 is 14.5 Å². The van der Waals surface area contributed by atoms with Crippen LogP contribution in [0.15, 0.2) is 11.8 Å². The third kappa shape index (κ3) is 6.53. The standard InChI is InChI=1S/C6H10N2O4/c1-5(7)4-6(9)12-3-2-8(10)11/h4H,2-3,7H2,1H3/b5-4-. The van der Waals surface area contributed by atoms with Crippen LogP contribution in [0.25, 0.3) is 0 Å². The smallest absolute Gasteiger partial charge is 0.332 e. The van der Waals surface area contributed by atoms with Crippen molar-refractivity contribution in [2.75, 3.05) is 13.2 Å². The minimum absolute atomic E-state index is 0.227. The van der Waals surface area contributed by atoms with Crippen LogP contribution in [0.2, 0.25) is 0 Å². The summed E-state index contributed by atoms with van der Waals surface area (Å²) in [6, 6.07) is 0. The zero-order chi connectivity index (χ0) is 9.56. The van der Waals surface area contributed by atoms with Crippen LogP contribution in [-0.4, -0.2) is 24.0 Å². The maximum Gasteiger partial charge on any atom is 0.332 e. The van der Waals surface area contributed by atoms with E-state index in [9.17, 15) is 14.9 Å². The SMILES string of the molecule is C/C(N)=C/C(=O)OCC[N+](=O)[O-]. The Labute approximate surface area is 69.1 Å². The third-order valence-electron chi connectivity index (χ3n) is 0.864. The number of allylic oxidation sites excluding steroid dienone is 1. The average Bonchev–Trinajstić information content (AvgIpc) is 1.84. The molecule has 0 atom stereocenters. The molecule has 0 aromatic heterocycles. The number of carbonyl (C=O) groups is 1. The number of carbonyl (C=O) groups excluding carboxylic acids is 1. The van der Waals surface area contributed by atoms with Crippen LogP contribution >= 0.6 is 0 Å². The number of nitrogens with zero attached hydrogens (tertiary/aromatic N) is 1. The topological polar surface area (TPSA) is 95.5 Å². The fourth-order valence-electron chi connectivity index (χ4n) is 0.448. The van der Waals surface area contributed by atoms with Crippen LogP contribution in [0.3, 0.4) is 0 Å². The summed E-state index contributed by atoms with van der Waals surface area (Å²) in [6.07, 6.45) is 1.07. The number of nitrogens with two attached hydrogens (primary N) is 1. The normalized spacial score (nSPS) is 10.9. The summed E-state index contributed by atoms with van der Waals surface area (Å²) in [6.45, 7) is 0.910. The van der Waals surface area contributed by atoms with Gasteiger partial charge in [-0.1, -0.05) is 0 Å². The summed E-state index contributed by atoms with van der Waals surface area (Å²) in [5.41, 5.74) is 5.46. The second-order valence-electron chi connectivity index (χ2n) is 2.11. The first kappa shape index (κ1) is 10.4. The fourth-order valence-corrected chi connectivity index (χ4v) is 0.448. The zero-order valence-corrected chi connectivity index (χ0v) is 6.65. The molecule has 0 rings (SSSR count). The largest absolute Gasteiger partial charge is 0.455 e. The minimum atomic E-state index is -0.656. The van der Waals surface area contributed by atoms with E-state index in [2.05, 4.69) is 4.74 Å². The Hall–Kier alpha value is -1.59. The summed E-state index contributed by atoms with van der Waals surface area (Å²) < 4.78 is 4.43. The molecule has 6 nitrogen and oxygen atoms in total. The average molecular weight is 174 g/mol. The van der Waals surface area contributed by atoms with Crippen molar-refractivity contribution >= 4 is 5.97 Å². The van der Waals surface area contributed by atoms with E-state index in [0.29, 0.717) is 5.70 Å². The van der Waals surface area contributed by atoms with Crippen molar-refractivity contribution in [3.05, 3.63) is 21.9 Å². The Kier molecular flexibility index (Phi) is 4.43. The minimum Gasteiger partial charge on any atom is -0.455 e. The quantitative estimate of drug-likeness (QED) is 0.272. The molecule has 0 aliphatic heterocycles. The molecule has 6 heteroatoms. The van der Waals surface area contributed by atoms with Gasteiger partial charge in [-0.25, -0.2) is 4.79 Å². The van der Waals surface area contributed by atoms with Crippen molar-refractivity contribution in [3.63, 3.8) is 0 Å². The Morgan fingerprint density at radius 1 is 1.75 bits per heavy atom. The Bertz CT molecular complexity index is 208. The van der Waals surface area contributed by atoms with E-state index < -0.39 is 10.9 Å². The van der Waals surface area contributed by atoms with E-state index in [1.165, 1.54) is 6.92 Å². The highest BCUT2D eigenvalue weighted by Crippen LogP contribution is 1.85. The monoisotopic (exact) mass is 174 g/mol. The molecule has 0 bridgehead atoms. The van der Waals surface area contributed by atoms with Gasteiger partial charge in [0.05, 0.1) is 0 Å². The molecular formula is C6H10N2O4. The van der Waals surface area contributed by atoms with Gasteiger partial charge in [-0.3, -0.25) is 10.1 Å². The molecule has 0 heterocycles. The van der Waals surface area contributed by atoms with Crippen LogP contribution in [0.4, 0.5) is 0 Å². The van der Waals surface area contributed by atoms with Crippen LogP contribution in [0, 0.1) is 10.1 Å². The van der Waals surface area contributed by atoms with Gasteiger partial charge in [-0.2, -0.15) is 0 Å². The van der Waals surface area contributed by atoms with Gasteiger partial charge in [-0.05, 0) is 6.92 Å². The predicted octanol–water partition coefficient (Wildman–Crippen LogP) is -0.331. The van der Waals surface area contributed by atoms with E-state index >= 15 is 0 Å². The highest BCUT2D eigenvalue weighted by atomic mass is 16.6. The lowest BCUT2D eigenvalue weighted by atomic mass is 10.4. The molecule has 0 aromatic rings. The lowest BCUT2D eigenvalue weighted by molar-refractivity contribution is -0.482. The van der Waals surface area contributed by atoms with Gasteiger partial charge in [0.25, 0.3) is 0 Å². The van der Waals surface area contributed by atoms with Crippen LogP contribution < -0.4 is 5.73 Å². The predicted molar refractivity (Wildman–Crippen MR) is 40.8 cm³/mol. The molecule has 0 saturated carbocycles. The summed E-state index contributed by atoms with van der Waals surface area (Å²) in [7, 11) is 0. The summed E-state index contributed by atoms with van der Waals surface area (Å²) >= 11 is 0. The van der Waals surface area contributed by atoms with Gasteiger partial charge in [-0.15, -0.1) is 0 Å². The van der Waals surface area contributed by atoms with Crippen molar-refractivity contribution in [3.8, 4) is 0 Å². The van der Waals surface area contributed by atoms with Crippen LogP contribution in [-0.2, 0) is 9.53 Å². The van der Waals surface area contributed by atoms with Crippen molar-refractivity contribution in [2.45, 2.75) is 6.92 Å². The molecule has 0 aliphatic carbocycles. The Morgan fingerprint density at radius 2 is 2.33 bits per heavy atom. The van der Waals surface area contributed by atoms with Crippen molar-refractivity contribution in [1.82, 2.24) is 0 Å². The number of hydrogen-bond acceptors (Lipinski definition) is 5. The number of rotatable bonds is 4. The first-order valence-electron chi connectivity index (χ1n) is 3.24. The van der Waals surface area contributed by atoms with E-state index in [4.69, 9.17) is 5.73 Å². The first-order valence-corrected chi connectivity index (χ1v) is 3.24. The number of hydrogen-bond donors (Lipinski definition) is 1. The first-order chi connectivity index (χ1) is 5.52. The maximum atomic E-state index is 10.6. The third-order valence-corrected chi connectivity index (χ3v) is 0.864. The van der Waals surface area contributed by atoms with E-state index in [1.54, 1.807) is 0 Å². The number of nitro groups is 1. The lowest BCUT2D eigenvalue weighted by Crippen LogP contribution is -2.12. The van der Waals surface area contributed by atoms with Gasteiger partial charge in [0.2, 0.25) is 6.54 Å². The molecular weight excluding hydrogens is 164 g/mol. The van der Waals surface area contributed by atoms with Crippen LogP contribution in [0.1, 0.15) is 6.92 Å². The maximum absolute atomic E-state index is 10.6. The van der Waals surface area contributed by atoms with Gasteiger partial charge < -0.3 is 10.5 Å². The highest BCUT2D eigenvalue weighted by molar-refractivity contribution is 5.82. The molecule has 0 spiro atoms. The molecule has 12 heavy (non-hydrogen) atoms.